The molecule has 1 unspecified atom stereocenters. The van der Waals surface area contributed by atoms with Crippen LogP contribution in [0.25, 0.3) is 22.5 Å². The summed E-state index contributed by atoms with van der Waals surface area (Å²) in [6.45, 7) is 3.40. The normalized spacial score (nSPS) is 16.7. The Balaban J connectivity index is 1.07. The highest BCUT2D eigenvalue weighted by Crippen LogP contribution is 2.50. The van der Waals surface area contributed by atoms with Crippen molar-refractivity contribution < 1.29 is 22.6 Å². The molecule has 1 atom stereocenters. The molecule has 1 fully saturated rings. The van der Waals surface area contributed by atoms with Crippen LogP contribution in [0.2, 0.25) is 0 Å². The molecule has 2 heterocycles. The first-order chi connectivity index (χ1) is 23.0. The van der Waals surface area contributed by atoms with Crippen LogP contribution in [0.5, 0.6) is 5.75 Å². The first kappa shape index (κ1) is 35.4. The topological polar surface area (TPSA) is 44.2 Å². The summed E-state index contributed by atoms with van der Waals surface area (Å²) in [6, 6.07) is 11.2. The molecule has 0 saturated heterocycles. The van der Waals surface area contributed by atoms with E-state index in [0.717, 1.165) is 36.3 Å². The zero-order valence-corrected chi connectivity index (χ0v) is 28.3. The number of rotatable bonds is 22. The van der Waals surface area contributed by atoms with Crippen LogP contribution >= 0.6 is 0 Å². The van der Waals surface area contributed by atoms with Crippen LogP contribution in [0, 0.1) is 11.7 Å². The number of unbranched alkanes of at least 4 members (excludes halogenated alkanes) is 10. The van der Waals surface area contributed by atoms with Crippen LogP contribution < -0.4 is 4.74 Å². The lowest BCUT2D eigenvalue weighted by molar-refractivity contribution is -0.0815. The van der Waals surface area contributed by atoms with Crippen molar-refractivity contribution in [1.82, 2.24) is 9.97 Å². The number of benzene rings is 2. The van der Waals surface area contributed by atoms with E-state index >= 15 is 13.2 Å². The minimum Gasteiger partial charge on any atom is -0.483 e. The second kappa shape index (κ2) is 18.0. The Morgan fingerprint density at radius 3 is 2.09 bits per heavy atom. The number of hydrogen-bond acceptors (Lipinski definition) is 4. The molecule has 2 aliphatic rings. The molecule has 5 rings (SSSR count). The van der Waals surface area contributed by atoms with Crippen LogP contribution in [-0.4, -0.2) is 29.3 Å². The average Bonchev–Trinajstić information content (AvgIpc) is 3.87. The standard InChI is InChI=1S/C40H53F3N2O2/c1-2-3-4-13-26-46-27-14-12-17-36-40(42,43)37-35(47-36)25-24-34(38(37)41)39-44-28-33(29-45-39)32-22-20-31(21-23-32)16-11-9-7-5-6-8-10-15-30-18-19-30/h20-25,28-30,36H,2-19,26-27H2,1H3. The molecule has 0 N–H and O–H groups in total. The van der Waals surface area contributed by atoms with E-state index in [1.165, 1.54) is 94.7 Å². The summed E-state index contributed by atoms with van der Waals surface area (Å²) < 4.78 is 57.5. The van der Waals surface area contributed by atoms with Gasteiger partial charge in [-0.15, -0.1) is 0 Å². The van der Waals surface area contributed by atoms with Gasteiger partial charge in [0.25, 0.3) is 0 Å². The number of fused-ring (bicyclic) bond motifs is 1. The van der Waals surface area contributed by atoms with E-state index in [9.17, 15) is 0 Å². The highest BCUT2D eigenvalue weighted by atomic mass is 19.3. The van der Waals surface area contributed by atoms with Gasteiger partial charge in [0.2, 0.25) is 0 Å². The zero-order chi connectivity index (χ0) is 32.9. The first-order valence-corrected chi connectivity index (χ1v) is 18.3. The second-order valence-corrected chi connectivity index (χ2v) is 13.6. The number of nitrogens with zero attached hydrogens (tertiary/aromatic N) is 2. The van der Waals surface area contributed by atoms with Crippen LogP contribution in [0.15, 0.2) is 48.8 Å². The van der Waals surface area contributed by atoms with E-state index in [-0.39, 0.29) is 23.6 Å². The summed E-state index contributed by atoms with van der Waals surface area (Å²) in [5.41, 5.74) is 2.32. The molecular formula is C40H53F3N2O2. The lowest BCUT2D eigenvalue weighted by atomic mass is 9.98. The van der Waals surface area contributed by atoms with Gasteiger partial charge >= 0.3 is 5.92 Å². The largest absolute Gasteiger partial charge is 0.483 e. The van der Waals surface area contributed by atoms with E-state index in [4.69, 9.17) is 9.47 Å². The van der Waals surface area contributed by atoms with Gasteiger partial charge in [-0.1, -0.05) is 108 Å². The molecule has 256 valence electrons. The second-order valence-electron chi connectivity index (χ2n) is 13.6. The van der Waals surface area contributed by atoms with Crippen molar-refractivity contribution in [1.29, 1.82) is 0 Å². The molecule has 0 bridgehead atoms. The molecule has 1 aromatic heterocycles. The molecular weight excluding hydrogens is 597 g/mol. The number of aryl methyl sites for hydroxylation is 1. The first-order valence-electron chi connectivity index (χ1n) is 18.3. The third-order valence-electron chi connectivity index (χ3n) is 9.71. The summed E-state index contributed by atoms with van der Waals surface area (Å²) in [6.07, 6.45) is 22.5. The summed E-state index contributed by atoms with van der Waals surface area (Å²) in [5, 5.41) is 0. The Labute approximate surface area is 279 Å². The van der Waals surface area contributed by atoms with Gasteiger partial charge in [0.05, 0.1) is 5.56 Å². The fraction of sp³-hybridized carbons (Fsp3) is 0.600. The van der Waals surface area contributed by atoms with Crippen LogP contribution in [-0.2, 0) is 17.1 Å². The van der Waals surface area contributed by atoms with Crippen molar-refractivity contribution in [3.05, 3.63) is 65.7 Å². The van der Waals surface area contributed by atoms with Crippen molar-refractivity contribution in [2.75, 3.05) is 13.2 Å². The molecule has 1 aliphatic carbocycles. The SMILES string of the molecule is CCCCCCOCCCCC1Oc2ccc(-c3ncc(-c4ccc(CCCCCCCCCC5CC5)cc4)cn3)c(F)c2C1(F)F. The van der Waals surface area contributed by atoms with Crippen molar-refractivity contribution >= 4 is 0 Å². The quantitative estimate of drug-likeness (QED) is 0.102. The van der Waals surface area contributed by atoms with E-state index < -0.39 is 23.4 Å². The Morgan fingerprint density at radius 1 is 0.745 bits per heavy atom. The van der Waals surface area contributed by atoms with Crippen LogP contribution in [0.3, 0.4) is 0 Å². The Kier molecular flexibility index (Phi) is 13.6. The van der Waals surface area contributed by atoms with E-state index in [1.54, 1.807) is 12.4 Å². The maximum Gasteiger partial charge on any atom is 0.315 e. The average molecular weight is 651 g/mol. The number of ether oxygens (including phenoxy) is 2. The zero-order valence-electron chi connectivity index (χ0n) is 28.3. The third-order valence-corrected chi connectivity index (χ3v) is 9.71. The Bertz CT molecular complexity index is 1360. The van der Waals surface area contributed by atoms with E-state index in [1.807, 2.05) is 0 Å². The molecule has 0 amide bonds. The minimum absolute atomic E-state index is 0.0516. The molecule has 3 aromatic rings. The Hall–Kier alpha value is -2.93. The van der Waals surface area contributed by atoms with Crippen LogP contribution in [0.1, 0.15) is 127 Å². The fourth-order valence-electron chi connectivity index (χ4n) is 6.57. The molecule has 2 aromatic carbocycles. The molecule has 1 aliphatic heterocycles. The summed E-state index contributed by atoms with van der Waals surface area (Å²) in [5.74, 6) is -3.43. The monoisotopic (exact) mass is 650 g/mol. The van der Waals surface area contributed by atoms with Crippen LogP contribution in [0.4, 0.5) is 13.2 Å². The number of hydrogen-bond donors (Lipinski definition) is 0. The molecule has 4 nitrogen and oxygen atoms in total. The van der Waals surface area contributed by atoms with Gasteiger partial charge in [-0.2, -0.15) is 8.78 Å². The van der Waals surface area contributed by atoms with Gasteiger partial charge in [-0.25, -0.2) is 14.4 Å². The van der Waals surface area contributed by atoms with Crippen molar-refractivity contribution in [3.8, 4) is 28.3 Å². The molecule has 47 heavy (non-hydrogen) atoms. The van der Waals surface area contributed by atoms with Crippen molar-refractivity contribution in [2.45, 2.75) is 135 Å². The Morgan fingerprint density at radius 2 is 1.38 bits per heavy atom. The van der Waals surface area contributed by atoms with Gasteiger partial charge in [0, 0.05) is 31.2 Å². The smallest absolute Gasteiger partial charge is 0.315 e. The summed E-state index contributed by atoms with van der Waals surface area (Å²) >= 11 is 0. The number of halogens is 3. The van der Waals surface area contributed by atoms with Gasteiger partial charge in [-0.3, -0.25) is 0 Å². The molecule has 0 spiro atoms. The van der Waals surface area contributed by atoms with E-state index in [2.05, 4.69) is 41.2 Å². The molecule has 7 heteroatoms. The number of alkyl halides is 2. The van der Waals surface area contributed by atoms with Gasteiger partial charge < -0.3 is 9.47 Å². The highest BCUT2D eigenvalue weighted by Gasteiger charge is 2.53. The maximum atomic E-state index is 15.6. The van der Waals surface area contributed by atoms with Gasteiger partial charge in [0.1, 0.15) is 17.1 Å². The lowest BCUT2D eigenvalue weighted by Crippen LogP contribution is -2.30. The highest BCUT2D eigenvalue weighted by molar-refractivity contribution is 5.66. The predicted octanol–water partition coefficient (Wildman–Crippen LogP) is 11.6. The van der Waals surface area contributed by atoms with Gasteiger partial charge in [-0.05, 0) is 67.7 Å². The maximum absolute atomic E-state index is 15.6. The predicted molar refractivity (Wildman–Crippen MR) is 183 cm³/mol. The van der Waals surface area contributed by atoms with Crippen molar-refractivity contribution in [2.24, 2.45) is 5.92 Å². The minimum atomic E-state index is -3.44. The summed E-state index contributed by atoms with van der Waals surface area (Å²) in [4.78, 5) is 8.72. The lowest BCUT2D eigenvalue weighted by Gasteiger charge is -2.18. The molecule has 0 radical (unpaired) electrons. The van der Waals surface area contributed by atoms with Crippen molar-refractivity contribution in [3.63, 3.8) is 0 Å². The third kappa shape index (κ3) is 10.3. The number of aromatic nitrogens is 2. The summed E-state index contributed by atoms with van der Waals surface area (Å²) in [7, 11) is 0. The molecule has 1 saturated carbocycles. The fourth-order valence-corrected chi connectivity index (χ4v) is 6.57. The van der Waals surface area contributed by atoms with E-state index in [0.29, 0.717) is 26.1 Å². The van der Waals surface area contributed by atoms with Gasteiger partial charge in [0.15, 0.2) is 11.9 Å².